The van der Waals surface area contributed by atoms with Gasteiger partial charge in [-0.05, 0) is 84.0 Å². The molecule has 0 bridgehead atoms. The summed E-state index contributed by atoms with van der Waals surface area (Å²) in [6, 6.07) is 16.2. The summed E-state index contributed by atoms with van der Waals surface area (Å²) in [6.07, 6.45) is 1.85. The standard InChI is InChI=1S/C33H35FN2O8S/c1-35-32(37)30-28-18-27(22-6-7-22)25(17-29(28)44-31(30)23-8-10-26(34)11-9-23)20-45(39,40)36-12-13-42-14-15-43-19-21-4-3-5-24(16-21)33(38)41-2/h3-5,8-11,16-18,22,36H,6-7,12-15,19-20H2,1-2H3,(H,35,37). The molecule has 1 saturated carbocycles. The minimum absolute atomic E-state index is 0.0841. The van der Waals surface area contributed by atoms with Crippen LogP contribution in [0, 0.1) is 5.82 Å². The number of sulfonamides is 1. The molecule has 0 unspecified atom stereocenters. The summed E-state index contributed by atoms with van der Waals surface area (Å²) in [7, 11) is -0.873. The molecule has 0 atom stereocenters. The molecule has 3 aromatic carbocycles. The van der Waals surface area contributed by atoms with Gasteiger partial charge in [0.15, 0.2) is 0 Å². The van der Waals surface area contributed by atoms with Crippen molar-refractivity contribution in [2.24, 2.45) is 0 Å². The fourth-order valence-electron chi connectivity index (χ4n) is 5.10. The van der Waals surface area contributed by atoms with E-state index in [4.69, 9.17) is 18.6 Å². The van der Waals surface area contributed by atoms with Crippen molar-refractivity contribution >= 4 is 32.9 Å². The summed E-state index contributed by atoms with van der Waals surface area (Å²) in [6.45, 7) is 1.09. The van der Waals surface area contributed by atoms with Gasteiger partial charge >= 0.3 is 5.97 Å². The van der Waals surface area contributed by atoms with E-state index in [0.717, 1.165) is 24.0 Å². The number of furan rings is 1. The fraction of sp³-hybridized carbons (Fsp3) is 0.333. The first-order valence-corrected chi connectivity index (χ1v) is 16.2. The van der Waals surface area contributed by atoms with Crippen LogP contribution in [0.25, 0.3) is 22.3 Å². The molecule has 2 N–H and O–H groups in total. The number of carbonyl (C=O) groups is 2. The number of rotatable bonds is 15. The number of esters is 1. The molecule has 0 saturated heterocycles. The summed E-state index contributed by atoms with van der Waals surface area (Å²) in [5.74, 6) is -0.947. The van der Waals surface area contributed by atoms with Gasteiger partial charge in [-0.2, -0.15) is 0 Å². The van der Waals surface area contributed by atoms with Crippen LogP contribution in [-0.4, -0.2) is 60.8 Å². The van der Waals surface area contributed by atoms with Gasteiger partial charge in [-0.1, -0.05) is 12.1 Å². The zero-order valence-corrected chi connectivity index (χ0v) is 25.9. The third-order valence-corrected chi connectivity index (χ3v) is 8.77. The summed E-state index contributed by atoms with van der Waals surface area (Å²) >= 11 is 0. The Morgan fingerprint density at radius 3 is 2.47 bits per heavy atom. The molecule has 4 aromatic rings. The van der Waals surface area contributed by atoms with E-state index in [0.29, 0.717) is 52.2 Å². The van der Waals surface area contributed by atoms with Crippen molar-refractivity contribution in [3.05, 3.63) is 94.3 Å². The first-order valence-electron chi connectivity index (χ1n) is 14.6. The lowest BCUT2D eigenvalue weighted by atomic mass is 9.98. The summed E-state index contributed by atoms with van der Waals surface area (Å²) in [5.41, 5.74) is 3.97. The second-order valence-corrected chi connectivity index (χ2v) is 12.5. The Balaban J connectivity index is 1.18. The number of methoxy groups -OCH3 is 1. The highest BCUT2D eigenvalue weighted by Crippen LogP contribution is 2.45. The number of amides is 1. The second-order valence-electron chi connectivity index (χ2n) is 10.7. The van der Waals surface area contributed by atoms with Gasteiger partial charge in [0.05, 0.1) is 50.4 Å². The number of hydrogen-bond acceptors (Lipinski definition) is 8. The molecule has 5 rings (SSSR count). The average Bonchev–Trinajstić information content (AvgIpc) is 3.82. The molecule has 0 aliphatic heterocycles. The van der Waals surface area contributed by atoms with Crippen LogP contribution < -0.4 is 10.0 Å². The van der Waals surface area contributed by atoms with E-state index in [1.165, 1.54) is 38.4 Å². The third-order valence-electron chi connectivity index (χ3n) is 7.43. The molecule has 1 aliphatic carbocycles. The Kier molecular flexibility index (Phi) is 10.3. The largest absolute Gasteiger partial charge is 0.465 e. The predicted octanol–water partition coefficient (Wildman–Crippen LogP) is 4.92. The van der Waals surface area contributed by atoms with Gasteiger partial charge in [0.25, 0.3) is 5.91 Å². The van der Waals surface area contributed by atoms with E-state index in [-0.39, 0.29) is 37.3 Å². The molecule has 1 heterocycles. The van der Waals surface area contributed by atoms with Crippen LogP contribution in [0.4, 0.5) is 4.39 Å². The highest BCUT2D eigenvalue weighted by molar-refractivity contribution is 7.88. The Morgan fingerprint density at radius 1 is 1.00 bits per heavy atom. The lowest BCUT2D eigenvalue weighted by Gasteiger charge is -2.12. The molecule has 12 heteroatoms. The summed E-state index contributed by atoms with van der Waals surface area (Å²) in [5, 5.41) is 3.22. The van der Waals surface area contributed by atoms with Gasteiger partial charge in [-0.15, -0.1) is 0 Å². The van der Waals surface area contributed by atoms with Crippen LogP contribution in [-0.2, 0) is 36.6 Å². The van der Waals surface area contributed by atoms with Crippen LogP contribution in [0.3, 0.4) is 0 Å². The molecule has 238 valence electrons. The number of hydrogen-bond donors (Lipinski definition) is 2. The van der Waals surface area contributed by atoms with E-state index >= 15 is 0 Å². The number of nitrogens with one attached hydrogen (secondary N) is 2. The first-order chi connectivity index (χ1) is 21.7. The molecule has 1 aromatic heterocycles. The van der Waals surface area contributed by atoms with Gasteiger partial charge in [-0.3, -0.25) is 4.79 Å². The Morgan fingerprint density at radius 2 is 1.76 bits per heavy atom. The number of benzene rings is 3. The van der Waals surface area contributed by atoms with Gasteiger partial charge < -0.3 is 23.9 Å². The number of halogens is 1. The smallest absolute Gasteiger partial charge is 0.337 e. The van der Waals surface area contributed by atoms with E-state index in [1.807, 2.05) is 12.1 Å². The second kappa shape index (κ2) is 14.3. The molecule has 0 spiro atoms. The molecule has 1 fully saturated rings. The topological polar surface area (TPSA) is 133 Å². The number of carbonyl (C=O) groups excluding carboxylic acids is 2. The third kappa shape index (κ3) is 8.14. The van der Waals surface area contributed by atoms with Crippen LogP contribution in [0.15, 0.2) is 65.1 Å². The van der Waals surface area contributed by atoms with E-state index in [9.17, 15) is 22.4 Å². The van der Waals surface area contributed by atoms with Crippen molar-refractivity contribution < 1.29 is 41.0 Å². The molecule has 10 nitrogen and oxygen atoms in total. The summed E-state index contributed by atoms with van der Waals surface area (Å²) in [4.78, 5) is 24.6. The molecule has 45 heavy (non-hydrogen) atoms. The lowest BCUT2D eigenvalue weighted by molar-refractivity contribution is 0.0425. The normalized spacial score (nSPS) is 13.2. The van der Waals surface area contributed by atoms with Crippen LogP contribution >= 0.6 is 0 Å². The first kappa shape index (κ1) is 32.3. The molecule has 1 aliphatic rings. The van der Waals surface area contributed by atoms with Crippen molar-refractivity contribution in [2.75, 3.05) is 40.5 Å². The highest BCUT2D eigenvalue weighted by atomic mass is 32.2. The molecule has 0 radical (unpaired) electrons. The number of fused-ring (bicyclic) bond motifs is 1. The Labute approximate surface area is 260 Å². The fourth-order valence-corrected chi connectivity index (χ4v) is 6.25. The molecular weight excluding hydrogens is 603 g/mol. The van der Waals surface area contributed by atoms with Crippen molar-refractivity contribution in [3.8, 4) is 11.3 Å². The zero-order valence-electron chi connectivity index (χ0n) is 25.1. The number of ether oxygens (including phenoxy) is 3. The van der Waals surface area contributed by atoms with Crippen LogP contribution in [0.1, 0.15) is 56.2 Å². The maximum atomic E-state index is 13.6. The van der Waals surface area contributed by atoms with Crippen molar-refractivity contribution in [3.63, 3.8) is 0 Å². The van der Waals surface area contributed by atoms with Crippen molar-refractivity contribution in [2.45, 2.75) is 31.1 Å². The highest BCUT2D eigenvalue weighted by Gasteiger charge is 2.31. The maximum Gasteiger partial charge on any atom is 0.337 e. The van der Waals surface area contributed by atoms with Crippen molar-refractivity contribution in [1.29, 1.82) is 0 Å². The summed E-state index contributed by atoms with van der Waals surface area (Å²) < 4.78 is 64.2. The predicted molar refractivity (Wildman–Crippen MR) is 166 cm³/mol. The minimum Gasteiger partial charge on any atom is -0.465 e. The zero-order chi connectivity index (χ0) is 32.0. The van der Waals surface area contributed by atoms with Gasteiger partial charge in [-0.25, -0.2) is 22.3 Å². The average molecular weight is 639 g/mol. The van der Waals surface area contributed by atoms with Gasteiger partial charge in [0, 0.05) is 24.5 Å². The SMILES string of the molecule is CNC(=O)c1c(-c2ccc(F)cc2)oc2cc(CS(=O)(=O)NCCOCCOCc3cccc(C(=O)OC)c3)c(C3CC3)cc12. The van der Waals surface area contributed by atoms with E-state index in [2.05, 4.69) is 10.0 Å². The van der Waals surface area contributed by atoms with Crippen molar-refractivity contribution in [1.82, 2.24) is 10.0 Å². The van der Waals surface area contributed by atoms with Crippen LogP contribution in [0.2, 0.25) is 0 Å². The van der Waals surface area contributed by atoms with Gasteiger partial charge in [0.1, 0.15) is 17.2 Å². The lowest BCUT2D eigenvalue weighted by Crippen LogP contribution is -2.29. The molecule has 1 amide bonds. The van der Waals surface area contributed by atoms with E-state index < -0.39 is 21.8 Å². The Bertz CT molecular complexity index is 1780. The molecular formula is C33H35FN2O8S. The maximum absolute atomic E-state index is 13.6. The quantitative estimate of drug-likeness (QED) is 0.139. The van der Waals surface area contributed by atoms with Gasteiger partial charge in [0.2, 0.25) is 10.0 Å². The minimum atomic E-state index is -3.72. The van der Waals surface area contributed by atoms with Crippen LogP contribution in [0.5, 0.6) is 0 Å². The monoisotopic (exact) mass is 638 g/mol. The Hall–Kier alpha value is -4.10. The van der Waals surface area contributed by atoms with E-state index in [1.54, 1.807) is 24.3 Å².